The van der Waals surface area contributed by atoms with Gasteiger partial charge in [-0.3, -0.25) is 4.79 Å². The first kappa shape index (κ1) is 15.9. The van der Waals surface area contributed by atoms with Gasteiger partial charge in [-0.15, -0.1) is 0 Å². The van der Waals surface area contributed by atoms with E-state index in [4.69, 9.17) is 9.47 Å². The molecule has 0 atom stereocenters. The lowest BCUT2D eigenvalue weighted by molar-refractivity contribution is -0.114. The molecule has 1 amide bonds. The highest BCUT2D eigenvalue weighted by molar-refractivity contribution is 6.04. The normalized spacial score (nSPS) is 10.5. The Morgan fingerprint density at radius 3 is 2.55 bits per heavy atom. The second-order valence-corrected chi connectivity index (χ2v) is 5.01. The van der Waals surface area contributed by atoms with Crippen molar-refractivity contribution in [3.8, 4) is 5.75 Å². The van der Waals surface area contributed by atoms with Crippen LogP contribution in [0.25, 0.3) is 10.9 Å². The third-order valence-corrected chi connectivity index (χ3v) is 3.37. The zero-order chi connectivity index (χ0) is 16.3. The van der Waals surface area contributed by atoms with Crippen molar-refractivity contribution in [1.82, 2.24) is 4.98 Å². The number of methoxy groups -OCH3 is 2. The van der Waals surface area contributed by atoms with E-state index in [2.05, 4.69) is 17.2 Å². The fraction of sp³-hybridized carbons (Fsp3) is 0.375. The summed E-state index contributed by atoms with van der Waals surface area (Å²) in [6.07, 6.45) is 1.74. The molecule has 6 nitrogen and oxygen atoms in total. The summed E-state index contributed by atoms with van der Waals surface area (Å²) in [6, 6.07) is 3.69. The monoisotopic (exact) mass is 304 g/mol. The predicted octanol–water partition coefficient (Wildman–Crippen LogP) is 2.87. The number of aromatic nitrogens is 1. The molecule has 0 spiro atoms. The largest absolute Gasteiger partial charge is 0.494 e. The Morgan fingerprint density at radius 1 is 1.27 bits per heavy atom. The summed E-state index contributed by atoms with van der Waals surface area (Å²) in [5, 5.41) is 3.62. The summed E-state index contributed by atoms with van der Waals surface area (Å²) < 4.78 is 10.2. The molecule has 0 aliphatic carbocycles. The second kappa shape index (κ2) is 6.51. The standard InChI is InChI=1S/C16H20N2O4/c1-5-6-10-7-11(17-9(2)19)8-12-13(10)15(21-3)14(18-12)16(20)22-4/h7-8,18H,5-6H2,1-4H3,(H,17,19). The van der Waals surface area contributed by atoms with Crippen LogP contribution in [0.2, 0.25) is 0 Å². The van der Waals surface area contributed by atoms with Crippen molar-refractivity contribution < 1.29 is 19.1 Å². The Balaban J connectivity index is 2.70. The highest BCUT2D eigenvalue weighted by Crippen LogP contribution is 2.36. The van der Waals surface area contributed by atoms with Gasteiger partial charge >= 0.3 is 5.97 Å². The maximum atomic E-state index is 11.9. The van der Waals surface area contributed by atoms with Crippen LogP contribution in [0.4, 0.5) is 5.69 Å². The highest BCUT2D eigenvalue weighted by atomic mass is 16.5. The summed E-state index contributed by atoms with van der Waals surface area (Å²) in [5.41, 5.74) is 2.69. The minimum absolute atomic E-state index is 0.145. The maximum Gasteiger partial charge on any atom is 0.358 e. The zero-order valence-corrected chi connectivity index (χ0v) is 13.2. The summed E-state index contributed by atoms with van der Waals surface area (Å²) in [7, 11) is 2.84. The molecule has 118 valence electrons. The Labute approximate surface area is 128 Å². The first-order valence-corrected chi connectivity index (χ1v) is 7.10. The van der Waals surface area contributed by atoms with E-state index in [1.54, 1.807) is 6.07 Å². The highest BCUT2D eigenvalue weighted by Gasteiger charge is 2.22. The lowest BCUT2D eigenvalue weighted by atomic mass is 10.0. The van der Waals surface area contributed by atoms with Crippen molar-refractivity contribution in [3.05, 3.63) is 23.4 Å². The van der Waals surface area contributed by atoms with E-state index in [1.807, 2.05) is 6.07 Å². The number of hydrogen-bond donors (Lipinski definition) is 2. The molecule has 0 bridgehead atoms. The number of rotatable bonds is 5. The van der Waals surface area contributed by atoms with E-state index in [0.29, 0.717) is 11.4 Å². The number of fused-ring (bicyclic) bond motifs is 1. The molecule has 0 saturated carbocycles. The van der Waals surface area contributed by atoms with Gasteiger partial charge in [-0.05, 0) is 24.1 Å². The van der Waals surface area contributed by atoms with E-state index < -0.39 is 5.97 Å². The maximum absolute atomic E-state index is 11.9. The number of carbonyl (C=O) groups is 2. The third kappa shape index (κ3) is 2.90. The lowest BCUT2D eigenvalue weighted by Gasteiger charge is -2.09. The quantitative estimate of drug-likeness (QED) is 0.832. The number of benzene rings is 1. The molecule has 1 aromatic heterocycles. The average Bonchev–Trinajstić information content (AvgIpc) is 2.84. The number of H-pyrrole nitrogens is 1. The van der Waals surface area contributed by atoms with E-state index in [1.165, 1.54) is 21.1 Å². The van der Waals surface area contributed by atoms with Gasteiger partial charge in [0.05, 0.1) is 19.7 Å². The zero-order valence-electron chi connectivity index (χ0n) is 13.2. The van der Waals surface area contributed by atoms with Gasteiger partial charge in [0.1, 0.15) is 0 Å². The molecule has 0 aliphatic rings. The van der Waals surface area contributed by atoms with Crippen LogP contribution in [0, 0.1) is 0 Å². The van der Waals surface area contributed by atoms with Crippen molar-refractivity contribution >= 4 is 28.5 Å². The SMILES string of the molecule is CCCc1cc(NC(C)=O)cc2[nH]c(C(=O)OC)c(OC)c12. The van der Waals surface area contributed by atoms with E-state index >= 15 is 0 Å². The van der Waals surface area contributed by atoms with Gasteiger partial charge in [0.25, 0.3) is 0 Å². The lowest BCUT2D eigenvalue weighted by Crippen LogP contribution is -2.06. The predicted molar refractivity (Wildman–Crippen MR) is 84.5 cm³/mol. The fourth-order valence-corrected chi connectivity index (χ4v) is 2.58. The van der Waals surface area contributed by atoms with E-state index in [9.17, 15) is 9.59 Å². The van der Waals surface area contributed by atoms with Gasteiger partial charge in [0, 0.05) is 18.0 Å². The number of esters is 1. The van der Waals surface area contributed by atoms with Crippen LogP contribution in [0.3, 0.4) is 0 Å². The first-order chi connectivity index (χ1) is 10.5. The topological polar surface area (TPSA) is 80.4 Å². The number of ether oxygens (including phenoxy) is 2. The molecular formula is C16H20N2O4. The van der Waals surface area contributed by atoms with Crippen LogP contribution < -0.4 is 10.1 Å². The van der Waals surface area contributed by atoms with Gasteiger partial charge in [0.2, 0.25) is 5.91 Å². The summed E-state index contributed by atoms with van der Waals surface area (Å²) in [4.78, 5) is 26.2. The summed E-state index contributed by atoms with van der Waals surface area (Å²) >= 11 is 0. The fourth-order valence-electron chi connectivity index (χ4n) is 2.58. The summed E-state index contributed by atoms with van der Waals surface area (Å²) in [6.45, 7) is 3.52. The molecule has 22 heavy (non-hydrogen) atoms. The molecule has 0 saturated heterocycles. The van der Waals surface area contributed by atoms with Crippen LogP contribution >= 0.6 is 0 Å². The molecule has 0 unspecified atom stereocenters. The van der Waals surface area contributed by atoms with Gasteiger partial charge in [0.15, 0.2) is 11.4 Å². The molecule has 1 aromatic carbocycles. The van der Waals surface area contributed by atoms with Gasteiger partial charge < -0.3 is 19.8 Å². The minimum atomic E-state index is -0.489. The molecule has 2 rings (SSSR count). The van der Waals surface area contributed by atoms with Crippen LogP contribution in [-0.4, -0.2) is 31.1 Å². The van der Waals surface area contributed by atoms with Crippen molar-refractivity contribution in [2.75, 3.05) is 19.5 Å². The van der Waals surface area contributed by atoms with Gasteiger partial charge in [-0.25, -0.2) is 4.79 Å². The molecular weight excluding hydrogens is 284 g/mol. The number of hydrogen-bond acceptors (Lipinski definition) is 4. The summed E-state index contributed by atoms with van der Waals surface area (Å²) in [5.74, 6) is -0.162. The molecule has 2 aromatic rings. The average molecular weight is 304 g/mol. The number of anilines is 1. The number of amides is 1. The number of nitrogens with one attached hydrogen (secondary N) is 2. The van der Waals surface area contributed by atoms with E-state index in [-0.39, 0.29) is 11.6 Å². The second-order valence-electron chi connectivity index (χ2n) is 5.01. The number of aromatic amines is 1. The Morgan fingerprint density at radius 2 is 2.00 bits per heavy atom. The van der Waals surface area contributed by atoms with Crippen LogP contribution in [-0.2, 0) is 16.0 Å². The third-order valence-electron chi connectivity index (χ3n) is 3.37. The van der Waals surface area contributed by atoms with Crippen molar-refractivity contribution in [3.63, 3.8) is 0 Å². The smallest absolute Gasteiger partial charge is 0.358 e. The van der Waals surface area contributed by atoms with Crippen LogP contribution in [0.1, 0.15) is 36.3 Å². The minimum Gasteiger partial charge on any atom is -0.494 e. The molecule has 0 aliphatic heterocycles. The van der Waals surface area contributed by atoms with Gasteiger partial charge in [-0.2, -0.15) is 0 Å². The van der Waals surface area contributed by atoms with Crippen molar-refractivity contribution in [2.45, 2.75) is 26.7 Å². The van der Waals surface area contributed by atoms with Crippen LogP contribution in [0.15, 0.2) is 12.1 Å². The van der Waals surface area contributed by atoms with Gasteiger partial charge in [-0.1, -0.05) is 13.3 Å². The molecule has 1 heterocycles. The first-order valence-electron chi connectivity index (χ1n) is 7.10. The number of carbonyl (C=O) groups excluding carboxylic acids is 2. The van der Waals surface area contributed by atoms with Crippen molar-refractivity contribution in [1.29, 1.82) is 0 Å². The van der Waals surface area contributed by atoms with E-state index in [0.717, 1.165) is 29.3 Å². The van der Waals surface area contributed by atoms with Crippen molar-refractivity contribution in [2.24, 2.45) is 0 Å². The molecule has 0 radical (unpaired) electrons. The van der Waals surface area contributed by atoms with Crippen LogP contribution in [0.5, 0.6) is 5.75 Å². The Kier molecular flexibility index (Phi) is 4.70. The molecule has 6 heteroatoms. The number of aryl methyl sites for hydroxylation is 1. The Hall–Kier alpha value is -2.50. The molecule has 0 fully saturated rings. The molecule has 2 N–H and O–H groups in total. The Bertz CT molecular complexity index is 718.